The molecule has 0 aromatic carbocycles. The molecule has 2 rings (SSSR count). The van der Waals surface area contributed by atoms with Gasteiger partial charge in [0.15, 0.2) is 0 Å². The van der Waals surface area contributed by atoms with E-state index in [1.54, 1.807) is 0 Å². The molecular formula is C16H32N2. The number of hydrogen-bond donors (Lipinski definition) is 1. The fourth-order valence-electron chi connectivity index (χ4n) is 3.80. The lowest BCUT2D eigenvalue weighted by Gasteiger charge is -2.34. The fourth-order valence-corrected chi connectivity index (χ4v) is 3.80. The molecule has 0 amide bonds. The van der Waals surface area contributed by atoms with Gasteiger partial charge < -0.3 is 10.2 Å². The van der Waals surface area contributed by atoms with Crippen molar-refractivity contribution in [3.63, 3.8) is 0 Å². The molecule has 2 unspecified atom stereocenters. The maximum absolute atomic E-state index is 3.61. The maximum Gasteiger partial charge on any atom is 0.0220 e. The molecule has 1 heterocycles. The largest absolute Gasteiger partial charge is 0.315 e. The van der Waals surface area contributed by atoms with Crippen molar-refractivity contribution in [3.8, 4) is 0 Å². The minimum Gasteiger partial charge on any atom is -0.315 e. The van der Waals surface area contributed by atoms with Gasteiger partial charge in [0, 0.05) is 12.6 Å². The molecule has 2 nitrogen and oxygen atoms in total. The van der Waals surface area contributed by atoms with Gasteiger partial charge in [-0.2, -0.15) is 0 Å². The summed E-state index contributed by atoms with van der Waals surface area (Å²) in [5.74, 6) is 1.88. The monoisotopic (exact) mass is 252 g/mol. The van der Waals surface area contributed by atoms with Crippen LogP contribution < -0.4 is 5.32 Å². The van der Waals surface area contributed by atoms with Crippen LogP contribution in [0.2, 0.25) is 0 Å². The van der Waals surface area contributed by atoms with Gasteiger partial charge in [0.1, 0.15) is 0 Å². The van der Waals surface area contributed by atoms with E-state index in [9.17, 15) is 0 Å². The summed E-state index contributed by atoms with van der Waals surface area (Å²) in [4.78, 5) is 2.72. The van der Waals surface area contributed by atoms with Crippen LogP contribution in [-0.4, -0.2) is 37.6 Å². The Morgan fingerprint density at radius 1 is 1.00 bits per heavy atom. The number of hydrogen-bond acceptors (Lipinski definition) is 2. The Kier molecular flexibility index (Phi) is 5.97. The summed E-state index contributed by atoms with van der Waals surface area (Å²) < 4.78 is 0. The van der Waals surface area contributed by atoms with Crippen LogP contribution in [0.5, 0.6) is 0 Å². The normalized spacial score (nSPS) is 30.0. The van der Waals surface area contributed by atoms with Crippen molar-refractivity contribution < 1.29 is 0 Å². The van der Waals surface area contributed by atoms with E-state index in [0.29, 0.717) is 0 Å². The molecular weight excluding hydrogens is 220 g/mol. The van der Waals surface area contributed by atoms with Crippen molar-refractivity contribution in [2.24, 2.45) is 11.8 Å². The second kappa shape index (κ2) is 7.49. The topological polar surface area (TPSA) is 15.3 Å². The van der Waals surface area contributed by atoms with Gasteiger partial charge in [-0.3, -0.25) is 0 Å². The van der Waals surface area contributed by atoms with Crippen molar-refractivity contribution in [2.45, 2.75) is 64.3 Å². The van der Waals surface area contributed by atoms with Gasteiger partial charge in [-0.25, -0.2) is 0 Å². The van der Waals surface area contributed by atoms with Crippen LogP contribution in [0, 0.1) is 11.8 Å². The number of rotatable bonds is 4. The summed E-state index contributed by atoms with van der Waals surface area (Å²) in [6.07, 6.45) is 11.5. The van der Waals surface area contributed by atoms with E-state index < -0.39 is 0 Å². The van der Waals surface area contributed by atoms with Crippen LogP contribution in [0.4, 0.5) is 0 Å². The number of likely N-dealkylation sites (N-methyl/N-ethyl adjacent to an activating group) is 1. The Morgan fingerprint density at radius 2 is 1.78 bits per heavy atom. The van der Waals surface area contributed by atoms with Gasteiger partial charge in [0.25, 0.3) is 0 Å². The number of nitrogens with zero attached hydrogens (tertiary/aromatic N) is 1. The molecule has 2 heteroatoms. The van der Waals surface area contributed by atoms with Crippen molar-refractivity contribution in [2.75, 3.05) is 26.7 Å². The zero-order valence-corrected chi connectivity index (χ0v) is 12.5. The molecule has 1 aliphatic heterocycles. The van der Waals surface area contributed by atoms with Crippen molar-refractivity contribution in [3.05, 3.63) is 0 Å². The SMILES string of the molecule is CNC(CN1CCCC(C)CC1)C1CCCCC1. The second-order valence-corrected chi connectivity index (χ2v) is 6.63. The van der Waals surface area contributed by atoms with E-state index in [2.05, 4.69) is 24.2 Å². The Labute approximate surface area is 114 Å². The highest BCUT2D eigenvalue weighted by Crippen LogP contribution is 2.27. The molecule has 18 heavy (non-hydrogen) atoms. The van der Waals surface area contributed by atoms with Crippen molar-refractivity contribution in [1.82, 2.24) is 10.2 Å². The van der Waals surface area contributed by atoms with Crippen LogP contribution in [0.15, 0.2) is 0 Å². The second-order valence-electron chi connectivity index (χ2n) is 6.63. The van der Waals surface area contributed by atoms with Gasteiger partial charge in [-0.1, -0.05) is 26.2 Å². The third-order valence-corrected chi connectivity index (χ3v) is 5.15. The smallest absolute Gasteiger partial charge is 0.0220 e. The van der Waals surface area contributed by atoms with Gasteiger partial charge >= 0.3 is 0 Å². The molecule has 2 aliphatic rings. The van der Waals surface area contributed by atoms with Crippen molar-refractivity contribution >= 4 is 0 Å². The lowest BCUT2D eigenvalue weighted by Crippen LogP contribution is -2.45. The lowest BCUT2D eigenvalue weighted by atomic mass is 9.83. The van der Waals surface area contributed by atoms with E-state index in [-0.39, 0.29) is 0 Å². The average molecular weight is 252 g/mol. The summed E-state index contributed by atoms with van der Waals surface area (Å²) >= 11 is 0. The highest BCUT2D eigenvalue weighted by Gasteiger charge is 2.25. The summed E-state index contributed by atoms with van der Waals surface area (Å²) in [6.45, 7) is 6.36. The van der Waals surface area contributed by atoms with Crippen LogP contribution in [0.3, 0.4) is 0 Å². The van der Waals surface area contributed by atoms with Crippen molar-refractivity contribution in [1.29, 1.82) is 0 Å². The predicted octanol–water partition coefficient (Wildman–Crippen LogP) is 3.28. The van der Waals surface area contributed by atoms with Gasteiger partial charge in [-0.05, 0) is 64.1 Å². The molecule has 0 spiro atoms. The average Bonchev–Trinajstić information content (AvgIpc) is 2.62. The summed E-state index contributed by atoms with van der Waals surface area (Å²) in [7, 11) is 2.17. The molecule has 0 bridgehead atoms. The Hall–Kier alpha value is -0.0800. The van der Waals surface area contributed by atoms with E-state index in [1.807, 2.05) is 0 Å². The summed E-state index contributed by atoms with van der Waals surface area (Å²) in [5, 5.41) is 3.61. The molecule has 2 fully saturated rings. The first kappa shape index (κ1) is 14.3. The van der Waals surface area contributed by atoms with E-state index >= 15 is 0 Å². The molecule has 0 radical (unpaired) electrons. The third-order valence-electron chi connectivity index (χ3n) is 5.15. The molecule has 0 aromatic rings. The Bertz CT molecular complexity index is 223. The Morgan fingerprint density at radius 3 is 2.50 bits per heavy atom. The van der Waals surface area contributed by atoms with Crippen LogP contribution >= 0.6 is 0 Å². The third kappa shape index (κ3) is 4.24. The standard InChI is InChI=1S/C16H32N2/c1-14-7-6-11-18(12-10-14)13-16(17-2)15-8-4-3-5-9-15/h14-17H,3-13H2,1-2H3. The van der Waals surface area contributed by atoms with E-state index in [4.69, 9.17) is 0 Å². The molecule has 1 aliphatic carbocycles. The summed E-state index contributed by atoms with van der Waals surface area (Å²) in [6, 6.07) is 0.735. The minimum absolute atomic E-state index is 0.735. The maximum atomic E-state index is 3.61. The van der Waals surface area contributed by atoms with Gasteiger partial charge in [-0.15, -0.1) is 0 Å². The lowest BCUT2D eigenvalue weighted by molar-refractivity contribution is 0.191. The zero-order valence-electron chi connectivity index (χ0n) is 12.5. The molecule has 1 saturated carbocycles. The first-order valence-corrected chi connectivity index (χ1v) is 8.19. The fraction of sp³-hybridized carbons (Fsp3) is 1.00. The minimum atomic E-state index is 0.735. The highest BCUT2D eigenvalue weighted by atomic mass is 15.1. The molecule has 1 N–H and O–H groups in total. The summed E-state index contributed by atoms with van der Waals surface area (Å²) in [5.41, 5.74) is 0. The molecule has 2 atom stereocenters. The highest BCUT2D eigenvalue weighted by molar-refractivity contribution is 4.82. The van der Waals surface area contributed by atoms with Crippen LogP contribution in [-0.2, 0) is 0 Å². The van der Waals surface area contributed by atoms with Gasteiger partial charge in [0.05, 0.1) is 0 Å². The van der Waals surface area contributed by atoms with E-state index in [0.717, 1.165) is 17.9 Å². The zero-order chi connectivity index (χ0) is 12.8. The molecule has 0 aromatic heterocycles. The Balaban J connectivity index is 1.81. The number of nitrogens with one attached hydrogen (secondary N) is 1. The molecule has 106 valence electrons. The van der Waals surface area contributed by atoms with Crippen LogP contribution in [0.25, 0.3) is 0 Å². The van der Waals surface area contributed by atoms with E-state index in [1.165, 1.54) is 71.0 Å². The first-order valence-electron chi connectivity index (χ1n) is 8.19. The predicted molar refractivity (Wildman–Crippen MR) is 78.9 cm³/mol. The van der Waals surface area contributed by atoms with Crippen LogP contribution in [0.1, 0.15) is 58.3 Å². The van der Waals surface area contributed by atoms with Gasteiger partial charge in [0.2, 0.25) is 0 Å². The molecule has 1 saturated heterocycles. The quantitative estimate of drug-likeness (QED) is 0.826. The first-order chi connectivity index (χ1) is 8.79. The number of likely N-dealkylation sites (tertiary alicyclic amines) is 1.